The lowest BCUT2D eigenvalue weighted by Gasteiger charge is -2.18. The molecule has 0 unspecified atom stereocenters. The van der Waals surface area contributed by atoms with E-state index in [-0.39, 0.29) is 0 Å². The van der Waals surface area contributed by atoms with Gasteiger partial charge >= 0.3 is 0 Å². The number of hydrogen-bond acceptors (Lipinski definition) is 0. The van der Waals surface area contributed by atoms with Crippen LogP contribution in [0.15, 0.2) is 48.5 Å². The molecule has 0 radical (unpaired) electrons. The Bertz CT molecular complexity index is 636. The summed E-state index contributed by atoms with van der Waals surface area (Å²) in [5, 5.41) is 3.16. The topological polar surface area (TPSA) is 0 Å². The highest BCUT2D eigenvalue weighted by atomic mass is 28.3. The van der Waals surface area contributed by atoms with Crippen molar-refractivity contribution in [2.75, 3.05) is 0 Å². The molecule has 0 saturated carbocycles. The van der Waals surface area contributed by atoms with Gasteiger partial charge in [0.25, 0.3) is 0 Å². The molecule has 0 aliphatic carbocycles. The van der Waals surface area contributed by atoms with Gasteiger partial charge in [-0.1, -0.05) is 67.7 Å². The van der Waals surface area contributed by atoms with E-state index in [0.29, 0.717) is 0 Å². The van der Waals surface area contributed by atoms with Crippen molar-refractivity contribution in [3.05, 3.63) is 54.1 Å². The predicted molar refractivity (Wildman–Crippen MR) is 83.3 cm³/mol. The summed E-state index contributed by atoms with van der Waals surface area (Å²) in [6.45, 7) is 6.98. The zero-order valence-corrected chi connectivity index (χ0v) is 12.2. The normalized spacial score (nSPS) is 15.7. The van der Waals surface area contributed by atoms with Gasteiger partial charge in [-0.3, -0.25) is 0 Å². The molecule has 0 atom stereocenters. The van der Waals surface area contributed by atoms with Crippen LogP contribution < -0.4 is 10.4 Å². The number of rotatable bonds is 1. The zero-order valence-electron chi connectivity index (χ0n) is 11.2. The first-order chi connectivity index (χ1) is 8.64. The van der Waals surface area contributed by atoms with Crippen LogP contribution in [0.25, 0.3) is 17.2 Å². The average Bonchev–Trinajstić information content (AvgIpc) is 2.60. The first-order valence-electron chi connectivity index (χ1n) is 6.51. The lowest BCUT2D eigenvalue weighted by molar-refractivity contribution is 1.66. The van der Waals surface area contributed by atoms with Crippen LogP contribution >= 0.6 is 0 Å². The second kappa shape index (κ2) is 3.96. The third-order valence-electron chi connectivity index (χ3n) is 3.97. The summed E-state index contributed by atoms with van der Waals surface area (Å²) in [5.41, 5.74) is 4.23. The van der Waals surface area contributed by atoms with E-state index < -0.39 is 8.07 Å². The number of benzene rings is 2. The van der Waals surface area contributed by atoms with Crippen molar-refractivity contribution in [3.63, 3.8) is 0 Å². The molecule has 0 amide bonds. The zero-order chi connectivity index (χ0) is 12.8. The third kappa shape index (κ3) is 1.51. The molecular formula is C17H18Si. The Morgan fingerprint density at radius 3 is 2.39 bits per heavy atom. The highest BCUT2D eigenvalue weighted by molar-refractivity contribution is 7.03. The first kappa shape index (κ1) is 11.5. The van der Waals surface area contributed by atoms with Gasteiger partial charge < -0.3 is 0 Å². The van der Waals surface area contributed by atoms with Crippen LogP contribution in [0.4, 0.5) is 0 Å². The van der Waals surface area contributed by atoms with Crippen molar-refractivity contribution in [2.45, 2.75) is 20.0 Å². The van der Waals surface area contributed by atoms with Gasteiger partial charge in [-0.05, 0) is 34.0 Å². The van der Waals surface area contributed by atoms with Crippen molar-refractivity contribution in [2.24, 2.45) is 0 Å². The lowest BCUT2D eigenvalue weighted by atomic mass is 10.0. The van der Waals surface area contributed by atoms with Crippen LogP contribution in [0.2, 0.25) is 13.1 Å². The second-order valence-electron chi connectivity index (χ2n) is 5.48. The second-order valence-corrected chi connectivity index (χ2v) is 9.80. The van der Waals surface area contributed by atoms with E-state index in [9.17, 15) is 0 Å². The van der Waals surface area contributed by atoms with Gasteiger partial charge in [0.05, 0.1) is 0 Å². The molecule has 0 N–H and O–H groups in total. The molecule has 18 heavy (non-hydrogen) atoms. The van der Waals surface area contributed by atoms with Gasteiger partial charge in [0.15, 0.2) is 0 Å². The predicted octanol–water partition coefficient (Wildman–Crippen LogP) is 3.52. The van der Waals surface area contributed by atoms with Gasteiger partial charge in [0.2, 0.25) is 0 Å². The SMILES string of the molecule is C/C=C/c1ccc2c(c1)[Si](C)(C)c1ccccc1-2. The summed E-state index contributed by atoms with van der Waals surface area (Å²) in [5.74, 6) is 0. The van der Waals surface area contributed by atoms with Crippen LogP contribution in [0.3, 0.4) is 0 Å². The molecule has 1 aliphatic rings. The summed E-state index contributed by atoms with van der Waals surface area (Å²) < 4.78 is 0. The maximum Gasteiger partial charge on any atom is 0.113 e. The largest absolute Gasteiger partial charge is 0.113 e. The number of allylic oxidation sites excluding steroid dienone is 1. The molecule has 1 heterocycles. The van der Waals surface area contributed by atoms with Crippen molar-refractivity contribution in [1.29, 1.82) is 0 Å². The standard InChI is InChI=1S/C17H18Si/c1-4-7-13-10-11-15-14-8-5-6-9-16(14)18(2,3)17(15)12-13/h4-12H,1-3H3/b7-4+. The Hall–Kier alpha value is -1.60. The Morgan fingerprint density at radius 2 is 1.61 bits per heavy atom. The van der Waals surface area contributed by atoms with E-state index in [1.165, 1.54) is 16.7 Å². The molecule has 2 aromatic rings. The monoisotopic (exact) mass is 250 g/mol. The van der Waals surface area contributed by atoms with E-state index in [4.69, 9.17) is 0 Å². The quantitative estimate of drug-likeness (QED) is 0.679. The highest BCUT2D eigenvalue weighted by Gasteiger charge is 2.36. The molecule has 3 rings (SSSR count). The summed E-state index contributed by atoms with van der Waals surface area (Å²) in [6, 6.07) is 15.8. The molecular weight excluding hydrogens is 232 g/mol. The molecule has 1 aliphatic heterocycles. The molecule has 0 saturated heterocycles. The van der Waals surface area contributed by atoms with Gasteiger partial charge in [0, 0.05) is 0 Å². The number of hydrogen-bond donors (Lipinski definition) is 0. The van der Waals surface area contributed by atoms with E-state index in [1.807, 2.05) is 0 Å². The van der Waals surface area contributed by atoms with E-state index >= 15 is 0 Å². The van der Waals surface area contributed by atoms with Gasteiger partial charge in [-0.15, -0.1) is 0 Å². The van der Waals surface area contributed by atoms with Crippen LogP contribution in [-0.2, 0) is 0 Å². The Kier molecular flexibility index (Phi) is 2.53. The van der Waals surface area contributed by atoms with Crippen LogP contribution in [0.5, 0.6) is 0 Å². The van der Waals surface area contributed by atoms with Gasteiger partial charge in [-0.2, -0.15) is 0 Å². The van der Waals surface area contributed by atoms with E-state index in [0.717, 1.165) is 0 Å². The lowest BCUT2D eigenvalue weighted by Crippen LogP contribution is -2.49. The van der Waals surface area contributed by atoms with Crippen molar-refractivity contribution in [3.8, 4) is 11.1 Å². The highest BCUT2D eigenvalue weighted by Crippen LogP contribution is 2.28. The summed E-state index contributed by atoms with van der Waals surface area (Å²) in [6.07, 6.45) is 4.30. The fraction of sp³-hybridized carbons (Fsp3) is 0.176. The molecule has 0 fully saturated rings. The first-order valence-corrected chi connectivity index (χ1v) is 9.51. The minimum atomic E-state index is -1.48. The Balaban J connectivity index is 2.28. The molecule has 1 heteroatoms. The Morgan fingerprint density at radius 1 is 0.889 bits per heavy atom. The van der Waals surface area contributed by atoms with Crippen LogP contribution in [-0.4, -0.2) is 8.07 Å². The van der Waals surface area contributed by atoms with Crippen molar-refractivity contribution in [1.82, 2.24) is 0 Å². The molecule has 0 spiro atoms. The summed E-state index contributed by atoms with van der Waals surface area (Å²) >= 11 is 0. The van der Waals surface area contributed by atoms with Gasteiger partial charge in [0.1, 0.15) is 8.07 Å². The maximum absolute atomic E-state index is 2.46. The molecule has 2 aromatic carbocycles. The van der Waals surface area contributed by atoms with Crippen LogP contribution in [0, 0.1) is 0 Å². The van der Waals surface area contributed by atoms with Crippen molar-refractivity contribution < 1.29 is 0 Å². The minimum absolute atomic E-state index is 1.32. The fourth-order valence-corrected chi connectivity index (χ4v) is 6.13. The molecule has 90 valence electrons. The van der Waals surface area contributed by atoms with E-state index in [2.05, 4.69) is 74.6 Å². The molecule has 0 aromatic heterocycles. The van der Waals surface area contributed by atoms with Gasteiger partial charge in [-0.25, -0.2) is 0 Å². The average molecular weight is 250 g/mol. The number of fused-ring (bicyclic) bond motifs is 3. The van der Waals surface area contributed by atoms with Crippen molar-refractivity contribution >= 4 is 24.5 Å². The third-order valence-corrected chi connectivity index (χ3v) is 7.51. The maximum atomic E-state index is 2.46. The smallest absolute Gasteiger partial charge is 0.0871 e. The van der Waals surface area contributed by atoms with E-state index in [1.54, 1.807) is 10.4 Å². The molecule has 0 bridgehead atoms. The molecule has 0 nitrogen and oxygen atoms in total. The summed E-state index contributed by atoms with van der Waals surface area (Å²) in [4.78, 5) is 0. The minimum Gasteiger partial charge on any atom is -0.0871 e. The fourth-order valence-electron chi connectivity index (χ4n) is 3.02. The Labute approximate surface area is 110 Å². The van der Waals surface area contributed by atoms with Crippen LogP contribution in [0.1, 0.15) is 12.5 Å². The summed E-state index contributed by atoms with van der Waals surface area (Å²) in [7, 11) is -1.48.